The lowest BCUT2D eigenvalue weighted by atomic mass is 10.0. The molecule has 132 valence electrons. The Morgan fingerprint density at radius 1 is 1.21 bits per heavy atom. The second kappa shape index (κ2) is 8.04. The molecule has 0 heterocycles. The van der Waals surface area contributed by atoms with Crippen LogP contribution in [0.25, 0.3) is 0 Å². The lowest BCUT2D eigenvalue weighted by molar-refractivity contribution is -0.120. The molecule has 6 nitrogen and oxygen atoms in total. The highest BCUT2D eigenvalue weighted by molar-refractivity contribution is 7.89. The van der Waals surface area contributed by atoms with E-state index in [4.69, 9.17) is 12.2 Å². The minimum atomic E-state index is -3.45. The van der Waals surface area contributed by atoms with Crippen molar-refractivity contribution in [2.24, 2.45) is 5.92 Å². The molecule has 8 heteroatoms. The van der Waals surface area contributed by atoms with Gasteiger partial charge in [-0.25, -0.2) is 12.7 Å². The summed E-state index contributed by atoms with van der Waals surface area (Å²) in [4.78, 5) is 12.1. The molecule has 24 heavy (non-hydrogen) atoms. The summed E-state index contributed by atoms with van der Waals surface area (Å²) in [5, 5.41) is 5.79. The third kappa shape index (κ3) is 4.99. The van der Waals surface area contributed by atoms with E-state index in [0.717, 1.165) is 17.1 Å². The van der Waals surface area contributed by atoms with Crippen molar-refractivity contribution in [3.05, 3.63) is 24.3 Å². The summed E-state index contributed by atoms with van der Waals surface area (Å²) in [5.41, 5.74) is 0.624. The molecule has 1 aliphatic rings. The average molecular weight is 370 g/mol. The highest BCUT2D eigenvalue weighted by Gasteiger charge is 2.19. The monoisotopic (exact) mass is 369 g/mol. The fraction of sp³-hybridized carbons (Fsp3) is 0.500. The van der Waals surface area contributed by atoms with Crippen molar-refractivity contribution in [1.82, 2.24) is 9.62 Å². The van der Waals surface area contributed by atoms with Crippen molar-refractivity contribution in [3.8, 4) is 0 Å². The summed E-state index contributed by atoms with van der Waals surface area (Å²) < 4.78 is 25.2. The van der Waals surface area contributed by atoms with Crippen LogP contribution in [0.5, 0.6) is 0 Å². The van der Waals surface area contributed by atoms with Gasteiger partial charge in [-0.05, 0) is 55.2 Å². The SMILES string of the molecule is CN(C)S(=O)(=O)c1ccc(NC(=S)NC(=O)CC2CCCC2)cc1. The van der Waals surface area contributed by atoms with E-state index in [9.17, 15) is 13.2 Å². The summed E-state index contributed by atoms with van der Waals surface area (Å²) in [6.07, 6.45) is 5.11. The van der Waals surface area contributed by atoms with Crippen molar-refractivity contribution >= 4 is 38.9 Å². The van der Waals surface area contributed by atoms with Crippen LogP contribution in [0, 0.1) is 5.92 Å². The first-order valence-electron chi connectivity index (χ1n) is 7.92. The number of nitrogens with zero attached hydrogens (tertiary/aromatic N) is 1. The van der Waals surface area contributed by atoms with E-state index in [0.29, 0.717) is 18.0 Å². The fourth-order valence-corrected chi connectivity index (χ4v) is 3.87. The number of rotatable bonds is 5. The minimum absolute atomic E-state index is 0.0776. The number of carbonyl (C=O) groups excluding carboxylic acids is 1. The van der Waals surface area contributed by atoms with Gasteiger partial charge in [0, 0.05) is 26.2 Å². The van der Waals surface area contributed by atoms with Crippen LogP contribution in [-0.2, 0) is 14.8 Å². The third-order valence-corrected chi connectivity index (χ3v) is 6.13. The number of benzene rings is 1. The number of amides is 1. The average Bonchev–Trinajstić information content (AvgIpc) is 3.00. The normalized spacial score (nSPS) is 15.5. The molecule has 0 bridgehead atoms. The van der Waals surface area contributed by atoms with Crippen LogP contribution >= 0.6 is 12.2 Å². The van der Waals surface area contributed by atoms with Gasteiger partial charge >= 0.3 is 0 Å². The molecule has 0 saturated heterocycles. The van der Waals surface area contributed by atoms with Crippen molar-refractivity contribution in [1.29, 1.82) is 0 Å². The number of sulfonamides is 1. The van der Waals surface area contributed by atoms with Gasteiger partial charge in [-0.15, -0.1) is 0 Å². The lowest BCUT2D eigenvalue weighted by Gasteiger charge is -2.13. The molecule has 1 amide bonds. The van der Waals surface area contributed by atoms with Crippen molar-refractivity contribution in [3.63, 3.8) is 0 Å². The standard InChI is InChI=1S/C16H23N3O3S2/c1-19(2)24(21,22)14-9-7-13(8-10-14)17-16(23)18-15(20)11-12-5-3-4-6-12/h7-10,12H,3-6,11H2,1-2H3,(H2,17,18,20,23). The maximum atomic E-state index is 12.0. The largest absolute Gasteiger partial charge is 0.332 e. The molecule has 0 aliphatic heterocycles. The first kappa shape index (κ1) is 18.8. The van der Waals surface area contributed by atoms with Gasteiger partial charge in [0.1, 0.15) is 0 Å². The van der Waals surface area contributed by atoms with E-state index < -0.39 is 10.0 Å². The second-order valence-electron chi connectivity index (χ2n) is 6.17. The zero-order chi connectivity index (χ0) is 17.7. The van der Waals surface area contributed by atoms with E-state index in [1.165, 1.54) is 39.1 Å². The summed E-state index contributed by atoms with van der Waals surface area (Å²) in [6.45, 7) is 0. The maximum Gasteiger partial charge on any atom is 0.242 e. The molecule has 0 unspecified atom stereocenters. The van der Waals surface area contributed by atoms with Gasteiger partial charge in [0.2, 0.25) is 15.9 Å². The van der Waals surface area contributed by atoms with Crippen LogP contribution in [0.2, 0.25) is 0 Å². The molecule has 1 fully saturated rings. The Morgan fingerprint density at radius 2 is 1.79 bits per heavy atom. The van der Waals surface area contributed by atoms with Crippen molar-refractivity contribution in [2.45, 2.75) is 37.0 Å². The Labute approximate surface area is 148 Å². The zero-order valence-corrected chi connectivity index (χ0v) is 15.5. The number of carbonyl (C=O) groups is 1. The minimum Gasteiger partial charge on any atom is -0.332 e. The molecule has 1 saturated carbocycles. The maximum absolute atomic E-state index is 12.0. The number of hydrogen-bond donors (Lipinski definition) is 2. The smallest absolute Gasteiger partial charge is 0.242 e. The number of thiocarbonyl (C=S) groups is 1. The molecule has 1 aromatic carbocycles. The van der Waals surface area contributed by atoms with E-state index in [-0.39, 0.29) is 15.9 Å². The Hall–Kier alpha value is -1.51. The Morgan fingerprint density at radius 3 is 2.33 bits per heavy atom. The fourth-order valence-electron chi connectivity index (χ4n) is 2.74. The van der Waals surface area contributed by atoms with Gasteiger partial charge in [0.25, 0.3) is 0 Å². The Kier molecular flexibility index (Phi) is 6.31. The second-order valence-corrected chi connectivity index (χ2v) is 8.73. The molecule has 2 N–H and O–H groups in total. The van der Waals surface area contributed by atoms with Crippen LogP contribution < -0.4 is 10.6 Å². The first-order valence-corrected chi connectivity index (χ1v) is 9.77. The molecule has 2 rings (SSSR count). The number of nitrogens with one attached hydrogen (secondary N) is 2. The molecule has 1 aromatic rings. The van der Waals surface area contributed by atoms with E-state index >= 15 is 0 Å². The molecule has 0 aromatic heterocycles. The van der Waals surface area contributed by atoms with E-state index in [2.05, 4.69) is 10.6 Å². The number of hydrogen-bond acceptors (Lipinski definition) is 4. The molecule has 0 radical (unpaired) electrons. The van der Waals surface area contributed by atoms with Gasteiger partial charge < -0.3 is 10.6 Å². The molecule has 0 spiro atoms. The van der Waals surface area contributed by atoms with Crippen molar-refractivity contribution in [2.75, 3.05) is 19.4 Å². The van der Waals surface area contributed by atoms with Crippen LogP contribution in [-0.4, -0.2) is 37.8 Å². The van der Waals surface area contributed by atoms with Gasteiger partial charge in [0.05, 0.1) is 4.90 Å². The topological polar surface area (TPSA) is 78.5 Å². The van der Waals surface area contributed by atoms with Crippen LogP contribution in [0.3, 0.4) is 0 Å². The lowest BCUT2D eigenvalue weighted by Crippen LogP contribution is -2.34. The van der Waals surface area contributed by atoms with Gasteiger partial charge in [-0.2, -0.15) is 0 Å². The van der Waals surface area contributed by atoms with Crippen LogP contribution in [0.15, 0.2) is 29.2 Å². The first-order chi connectivity index (χ1) is 11.3. The zero-order valence-electron chi connectivity index (χ0n) is 13.9. The van der Waals surface area contributed by atoms with Gasteiger partial charge in [-0.1, -0.05) is 12.8 Å². The summed E-state index contributed by atoms with van der Waals surface area (Å²) in [5.74, 6) is 0.384. The summed E-state index contributed by atoms with van der Waals surface area (Å²) >= 11 is 5.13. The summed E-state index contributed by atoms with van der Waals surface area (Å²) in [6, 6.07) is 6.23. The predicted octanol–water partition coefficient (Wildman–Crippen LogP) is 2.33. The molecular weight excluding hydrogens is 346 g/mol. The third-order valence-electron chi connectivity index (χ3n) is 4.09. The quantitative estimate of drug-likeness (QED) is 0.779. The Bertz CT molecular complexity index is 694. The van der Waals surface area contributed by atoms with Gasteiger partial charge in [0.15, 0.2) is 5.11 Å². The molecular formula is C16H23N3O3S2. The summed E-state index contributed by atoms with van der Waals surface area (Å²) in [7, 11) is -0.486. The molecule has 1 aliphatic carbocycles. The van der Waals surface area contributed by atoms with Gasteiger partial charge in [-0.3, -0.25) is 4.79 Å². The Balaban J connectivity index is 1.88. The molecule has 0 atom stereocenters. The van der Waals surface area contributed by atoms with Crippen molar-refractivity contribution < 1.29 is 13.2 Å². The van der Waals surface area contributed by atoms with E-state index in [1.807, 2.05) is 0 Å². The van der Waals surface area contributed by atoms with E-state index in [1.54, 1.807) is 12.1 Å². The van der Waals surface area contributed by atoms with Crippen LogP contribution in [0.4, 0.5) is 5.69 Å². The highest BCUT2D eigenvalue weighted by atomic mass is 32.2. The number of anilines is 1. The highest BCUT2D eigenvalue weighted by Crippen LogP contribution is 2.27. The predicted molar refractivity (Wildman–Crippen MR) is 98.3 cm³/mol. The van der Waals surface area contributed by atoms with Crippen LogP contribution in [0.1, 0.15) is 32.1 Å².